The number of amides is 1. The molecule has 3 aromatic carbocycles. The third-order valence-electron chi connectivity index (χ3n) is 4.75. The lowest BCUT2D eigenvalue weighted by molar-refractivity contribution is -0.118. The fourth-order valence-electron chi connectivity index (χ4n) is 3.14. The zero-order chi connectivity index (χ0) is 22.3. The number of hydrogen-bond donors (Lipinski definition) is 2. The number of carbonyl (C=O) groups is 1. The normalized spacial score (nSPS) is 11.2. The maximum Gasteiger partial charge on any atom is 0.262 e. The summed E-state index contributed by atoms with van der Waals surface area (Å²) in [5.74, 6) is 0.375. The van der Waals surface area contributed by atoms with E-state index in [1.165, 1.54) is 12.1 Å². The van der Waals surface area contributed by atoms with Gasteiger partial charge in [-0.2, -0.15) is 0 Å². The van der Waals surface area contributed by atoms with Crippen molar-refractivity contribution in [1.82, 2.24) is 4.72 Å². The molecule has 6 nitrogen and oxygen atoms in total. The van der Waals surface area contributed by atoms with Crippen molar-refractivity contribution in [1.29, 1.82) is 0 Å². The largest absolute Gasteiger partial charge is 0.483 e. The molecule has 0 saturated heterocycles. The minimum atomic E-state index is -3.62. The Balaban J connectivity index is 1.52. The molecule has 0 radical (unpaired) electrons. The van der Waals surface area contributed by atoms with E-state index in [2.05, 4.69) is 10.0 Å². The summed E-state index contributed by atoms with van der Waals surface area (Å²) in [4.78, 5) is 12.3. The van der Waals surface area contributed by atoms with Crippen molar-refractivity contribution < 1.29 is 17.9 Å². The van der Waals surface area contributed by atoms with E-state index in [1.807, 2.05) is 62.4 Å². The molecule has 0 heterocycles. The first kappa shape index (κ1) is 22.5. The van der Waals surface area contributed by atoms with Crippen LogP contribution in [-0.2, 0) is 21.2 Å². The second kappa shape index (κ2) is 10.2. The maximum atomic E-state index is 12.5. The molecule has 3 rings (SSSR count). The van der Waals surface area contributed by atoms with Crippen LogP contribution in [-0.4, -0.2) is 27.5 Å². The molecule has 2 N–H and O–H groups in total. The van der Waals surface area contributed by atoms with Gasteiger partial charge < -0.3 is 10.1 Å². The highest BCUT2D eigenvalue weighted by atomic mass is 32.2. The van der Waals surface area contributed by atoms with Gasteiger partial charge in [0.25, 0.3) is 5.91 Å². The Labute approximate surface area is 183 Å². The zero-order valence-corrected chi connectivity index (χ0v) is 18.4. The molecule has 0 aromatic heterocycles. The Morgan fingerprint density at radius 3 is 2.16 bits per heavy atom. The van der Waals surface area contributed by atoms with Gasteiger partial charge in [-0.1, -0.05) is 48.5 Å². The Morgan fingerprint density at radius 2 is 1.52 bits per heavy atom. The number of hydrogen-bond acceptors (Lipinski definition) is 4. The molecule has 0 saturated carbocycles. The van der Waals surface area contributed by atoms with Crippen molar-refractivity contribution in [3.8, 4) is 5.75 Å². The van der Waals surface area contributed by atoms with E-state index in [-0.39, 0.29) is 17.4 Å². The third kappa shape index (κ3) is 6.41. The molecule has 1 amide bonds. The topological polar surface area (TPSA) is 84.5 Å². The summed E-state index contributed by atoms with van der Waals surface area (Å²) < 4.78 is 33.2. The van der Waals surface area contributed by atoms with E-state index >= 15 is 0 Å². The minimum absolute atomic E-state index is 0.132. The Morgan fingerprint density at radius 1 is 0.871 bits per heavy atom. The number of ether oxygens (including phenoxy) is 1. The number of sulfonamides is 1. The van der Waals surface area contributed by atoms with Crippen LogP contribution >= 0.6 is 0 Å². The Kier molecular flexibility index (Phi) is 7.44. The summed E-state index contributed by atoms with van der Waals surface area (Å²) in [6, 6.07) is 21.5. The molecule has 3 aromatic rings. The first-order valence-electron chi connectivity index (χ1n) is 9.98. The summed E-state index contributed by atoms with van der Waals surface area (Å²) in [6.07, 6.45) is 0.606. The van der Waals surface area contributed by atoms with E-state index in [0.29, 0.717) is 24.4 Å². The van der Waals surface area contributed by atoms with Gasteiger partial charge in [-0.15, -0.1) is 0 Å². The van der Waals surface area contributed by atoms with Crippen molar-refractivity contribution in [2.75, 3.05) is 18.5 Å². The van der Waals surface area contributed by atoms with Gasteiger partial charge in [-0.25, -0.2) is 13.1 Å². The molecule has 0 aliphatic carbocycles. The zero-order valence-electron chi connectivity index (χ0n) is 17.6. The van der Waals surface area contributed by atoms with Gasteiger partial charge >= 0.3 is 0 Å². The lowest BCUT2D eigenvalue weighted by Gasteiger charge is -2.12. The fraction of sp³-hybridized carbons (Fsp3) is 0.208. The van der Waals surface area contributed by atoms with E-state index in [4.69, 9.17) is 4.74 Å². The predicted octanol–water partition coefficient (Wildman–Crippen LogP) is 3.84. The molecule has 0 atom stereocenters. The first-order chi connectivity index (χ1) is 14.8. The van der Waals surface area contributed by atoms with Crippen LogP contribution < -0.4 is 14.8 Å². The average molecular weight is 439 g/mol. The van der Waals surface area contributed by atoms with Crippen molar-refractivity contribution in [3.05, 3.63) is 89.5 Å². The summed E-state index contributed by atoms with van der Waals surface area (Å²) >= 11 is 0. The molecule has 7 heteroatoms. The number of rotatable bonds is 9. The quantitative estimate of drug-likeness (QED) is 0.532. The highest BCUT2D eigenvalue weighted by Crippen LogP contribution is 2.22. The van der Waals surface area contributed by atoms with Gasteiger partial charge in [0.05, 0.1) is 4.90 Å². The first-order valence-corrected chi connectivity index (χ1v) is 11.5. The smallest absolute Gasteiger partial charge is 0.262 e. The molecule has 0 aliphatic heterocycles. The van der Waals surface area contributed by atoms with Crippen molar-refractivity contribution >= 4 is 21.6 Å². The Hall–Kier alpha value is -3.16. The van der Waals surface area contributed by atoms with Crippen LogP contribution in [0.4, 0.5) is 5.69 Å². The highest BCUT2D eigenvalue weighted by Gasteiger charge is 2.14. The van der Waals surface area contributed by atoms with Crippen molar-refractivity contribution in [2.24, 2.45) is 0 Å². The van der Waals surface area contributed by atoms with Crippen molar-refractivity contribution in [2.45, 2.75) is 25.2 Å². The summed E-state index contributed by atoms with van der Waals surface area (Å²) in [5, 5.41) is 2.72. The van der Waals surface area contributed by atoms with Crippen LogP contribution in [0.5, 0.6) is 5.75 Å². The number of carbonyl (C=O) groups excluding carboxylic acids is 1. The molecule has 31 heavy (non-hydrogen) atoms. The number of para-hydroxylation sites is 1. The molecule has 0 fully saturated rings. The van der Waals surface area contributed by atoms with Gasteiger partial charge in [-0.05, 0) is 61.2 Å². The van der Waals surface area contributed by atoms with Crippen LogP contribution in [0.1, 0.15) is 16.7 Å². The fourth-order valence-corrected chi connectivity index (χ4v) is 4.17. The number of benzene rings is 3. The number of nitrogens with one attached hydrogen (secondary N) is 2. The molecule has 162 valence electrons. The molecule has 0 unspecified atom stereocenters. The van der Waals surface area contributed by atoms with Crippen LogP contribution in [0.3, 0.4) is 0 Å². The van der Waals surface area contributed by atoms with Crippen LogP contribution in [0.25, 0.3) is 0 Å². The molecule has 0 spiro atoms. The molecule has 0 bridgehead atoms. The summed E-state index contributed by atoms with van der Waals surface area (Å²) in [7, 11) is -3.62. The van der Waals surface area contributed by atoms with Gasteiger partial charge in [0.1, 0.15) is 5.75 Å². The highest BCUT2D eigenvalue weighted by molar-refractivity contribution is 7.89. The lowest BCUT2D eigenvalue weighted by atomic mass is 10.1. The second-order valence-electron chi connectivity index (χ2n) is 7.22. The third-order valence-corrected chi connectivity index (χ3v) is 6.23. The monoisotopic (exact) mass is 438 g/mol. The van der Waals surface area contributed by atoms with Crippen molar-refractivity contribution in [3.63, 3.8) is 0 Å². The minimum Gasteiger partial charge on any atom is -0.483 e. The maximum absolute atomic E-state index is 12.5. The molecule has 0 aliphatic rings. The second-order valence-corrected chi connectivity index (χ2v) is 8.98. The van der Waals surface area contributed by atoms with Crippen LogP contribution in [0.2, 0.25) is 0 Å². The number of anilines is 1. The van der Waals surface area contributed by atoms with Crippen LogP contribution in [0, 0.1) is 13.8 Å². The summed E-state index contributed by atoms with van der Waals surface area (Å²) in [5.41, 5.74) is 3.48. The lowest BCUT2D eigenvalue weighted by Crippen LogP contribution is -2.26. The molecular weight excluding hydrogens is 412 g/mol. The average Bonchev–Trinajstić information content (AvgIpc) is 2.74. The standard InChI is InChI=1S/C24H26N2O4S/c1-18-7-6-8-19(2)24(18)30-17-23(27)26-21-11-13-22(14-12-21)31(28,29)25-16-15-20-9-4-3-5-10-20/h3-14,25H,15-17H2,1-2H3,(H,26,27). The van der Waals surface area contributed by atoms with E-state index in [1.54, 1.807) is 12.1 Å². The summed E-state index contributed by atoms with van der Waals surface area (Å²) in [6.45, 7) is 4.02. The van der Waals surface area contributed by atoms with E-state index in [0.717, 1.165) is 16.7 Å². The van der Waals surface area contributed by atoms with Gasteiger partial charge in [0, 0.05) is 12.2 Å². The van der Waals surface area contributed by atoms with Gasteiger partial charge in [-0.3, -0.25) is 4.79 Å². The van der Waals surface area contributed by atoms with Crippen LogP contribution in [0.15, 0.2) is 77.7 Å². The predicted molar refractivity (Wildman–Crippen MR) is 122 cm³/mol. The van der Waals surface area contributed by atoms with E-state index in [9.17, 15) is 13.2 Å². The van der Waals surface area contributed by atoms with Gasteiger partial charge in [0.2, 0.25) is 10.0 Å². The molecular formula is C24H26N2O4S. The van der Waals surface area contributed by atoms with Gasteiger partial charge in [0.15, 0.2) is 6.61 Å². The number of aryl methyl sites for hydroxylation is 2. The Bertz CT molecular complexity index is 1110. The van der Waals surface area contributed by atoms with E-state index < -0.39 is 10.0 Å². The SMILES string of the molecule is Cc1cccc(C)c1OCC(=O)Nc1ccc(S(=O)(=O)NCCc2ccccc2)cc1.